The van der Waals surface area contributed by atoms with Crippen LogP contribution in [0.2, 0.25) is 0 Å². The molecule has 1 heterocycles. The first-order chi connectivity index (χ1) is 14.5. The van der Waals surface area contributed by atoms with Crippen LogP contribution in [0.4, 0.5) is 15.8 Å². The van der Waals surface area contributed by atoms with E-state index in [2.05, 4.69) is 15.1 Å². The number of esters is 1. The maximum atomic E-state index is 13.1. The van der Waals surface area contributed by atoms with E-state index in [0.29, 0.717) is 24.4 Å². The van der Waals surface area contributed by atoms with Gasteiger partial charge in [0.2, 0.25) is 5.91 Å². The minimum absolute atomic E-state index is 0.0940. The molecule has 0 aliphatic carbocycles. The van der Waals surface area contributed by atoms with E-state index in [1.165, 1.54) is 12.1 Å². The van der Waals surface area contributed by atoms with Gasteiger partial charge in [0, 0.05) is 37.6 Å². The van der Waals surface area contributed by atoms with Crippen molar-refractivity contribution in [1.82, 2.24) is 4.90 Å². The number of anilines is 2. The average molecular weight is 413 g/mol. The van der Waals surface area contributed by atoms with Crippen LogP contribution < -0.4 is 10.2 Å². The standard InChI is InChI=1S/C23H28FN3O3/c1-2-3-16-30-23(29)18-4-8-20(9-5-18)25-22(28)17-26-12-14-27(15-13-26)21-10-6-19(24)7-11-21/h4-11H,2-3,12-17H2,1H3,(H,25,28). The van der Waals surface area contributed by atoms with Crippen LogP contribution in [0.1, 0.15) is 30.1 Å². The van der Waals surface area contributed by atoms with Crippen LogP contribution in [0.15, 0.2) is 48.5 Å². The molecule has 3 rings (SSSR count). The van der Waals surface area contributed by atoms with Gasteiger partial charge in [-0.25, -0.2) is 9.18 Å². The Labute approximate surface area is 176 Å². The highest BCUT2D eigenvalue weighted by molar-refractivity contribution is 5.94. The molecule has 1 saturated heterocycles. The summed E-state index contributed by atoms with van der Waals surface area (Å²) in [5.41, 5.74) is 2.12. The van der Waals surface area contributed by atoms with Crippen LogP contribution in [0.25, 0.3) is 0 Å². The first-order valence-electron chi connectivity index (χ1n) is 10.3. The van der Waals surface area contributed by atoms with Crippen LogP contribution in [0.3, 0.4) is 0 Å². The number of amides is 1. The normalized spacial score (nSPS) is 14.4. The van der Waals surface area contributed by atoms with Crippen molar-refractivity contribution in [3.8, 4) is 0 Å². The van der Waals surface area contributed by atoms with E-state index >= 15 is 0 Å². The summed E-state index contributed by atoms with van der Waals surface area (Å²) in [6.45, 7) is 5.85. The Morgan fingerprint density at radius 1 is 1.00 bits per heavy atom. The molecule has 1 aliphatic heterocycles. The summed E-state index contributed by atoms with van der Waals surface area (Å²) < 4.78 is 18.2. The monoisotopic (exact) mass is 413 g/mol. The van der Waals surface area contributed by atoms with E-state index in [1.54, 1.807) is 36.4 Å². The summed E-state index contributed by atoms with van der Waals surface area (Å²) in [6.07, 6.45) is 1.82. The molecule has 0 saturated carbocycles. The smallest absolute Gasteiger partial charge is 0.338 e. The zero-order valence-electron chi connectivity index (χ0n) is 17.3. The van der Waals surface area contributed by atoms with Gasteiger partial charge in [0.25, 0.3) is 0 Å². The van der Waals surface area contributed by atoms with Gasteiger partial charge in [0.15, 0.2) is 0 Å². The SMILES string of the molecule is CCCCOC(=O)c1ccc(NC(=O)CN2CCN(c3ccc(F)cc3)CC2)cc1. The van der Waals surface area contributed by atoms with Crippen molar-refractivity contribution in [1.29, 1.82) is 0 Å². The zero-order valence-corrected chi connectivity index (χ0v) is 17.3. The van der Waals surface area contributed by atoms with E-state index in [4.69, 9.17) is 4.74 Å². The lowest BCUT2D eigenvalue weighted by atomic mass is 10.2. The number of nitrogens with zero attached hydrogens (tertiary/aromatic N) is 2. The maximum absolute atomic E-state index is 13.1. The van der Waals surface area contributed by atoms with E-state index in [-0.39, 0.29) is 17.7 Å². The summed E-state index contributed by atoms with van der Waals surface area (Å²) in [7, 11) is 0. The lowest BCUT2D eigenvalue weighted by molar-refractivity contribution is -0.117. The average Bonchev–Trinajstić information content (AvgIpc) is 2.75. The van der Waals surface area contributed by atoms with Gasteiger partial charge in [0.1, 0.15) is 5.82 Å². The number of rotatable bonds is 8. The molecule has 2 aromatic rings. The maximum Gasteiger partial charge on any atom is 0.338 e. The number of carbonyl (C=O) groups is 2. The molecular weight excluding hydrogens is 385 g/mol. The van der Waals surface area contributed by atoms with Gasteiger partial charge in [0.05, 0.1) is 18.7 Å². The third kappa shape index (κ3) is 6.29. The van der Waals surface area contributed by atoms with E-state index in [9.17, 15) is 14.0 Å². The summed E-state index contributed by atoms with van der Waals surface area (Å²) in [6, 6.07) is 13.2. The van der Waals surface area contributed by atoms with Crippen LogP contribution >= 0.6 is 0 Å². The van der Waals surface area contributed by atoms with Crippen molar-refractivity contribution in [3.05, 3.63) is 59.9 Å². The third-order valence-corrected chi connectivity index (χ3v) is 5.07. The topological polar surface area (TPSA) is 61.9 Å². The molecule has 0 aromatic heterocycles. The van der Waals surface area contributed by atoms with Crippen LogP contribution in [-0.2, 0) is 9.53 Å². The molecule has 1 N–H and O–H groups in total. The molecule has 6 nitrogen and oxygen atoms in total. The molecule has 1 aliphatic rings. The van der Waals surface area contributed by atoms with E-state index < -0.39 is 0 Å². The van der Waals surface area contributed by atoms with Crippen LogP contribution in [-0.4, -0.2) is 56.1 Å². The quantitative estimate of drug-likeness (QED) is 0.530. The highest BCUT2D eigenvalue weighted by atomic mass is 19.1. The molecule has 0 atom stereocenters. The fraction of sp³-hybridized carbons (Fsp3) is 0.391. The summed E-state index contributed by atoms with van der Waals surface area (Å²) in [5.74, 6) is -0.681. The second kappa shape index (κ2) is 10.7. The molecule has 160 valence electrons. The third-order valence-electron chi connectivity index (χ3n) is 5.07. The van der Waals surface area contributed by atoms with Gasteiger partial charge in [-0.05, 0) is 55.0 Å². The van der Waals surface area contributed by atoms with E-state index in [1.807, 2.05) is 6.92 Å². The van der Waals surface area contributed by atoms with Crippen molar-refractivity contribution < 1.29 is 18.7 Å². The van der Waals surface area contributed by atoms with Gasteiger partial charge < -0.3 is 15.0 Å². The van der Waals surface area contributed by atoms with Gasteiger partial charge in [-0.1, -0.05) is 13.3 Å². The Morgan fingerprint density at radius 2 is 1.67 bits per heavy atom. The Balaban J connectivity index is 1.42. The second-order valence-corrected chi connectivity index (χ2v) is 7.35. The van der Waals surface area contributed by atoms with Crippen molar-refractivity contribution in [2.45, 2.75) is 19.8 Å². The molecule has 30 heavy (non-hydrogen) atoms. The number of halogens is 1. The Kier molecular flexibility index (Phi) is 7.79. The summed E-state index contributed by atoms with van der Waals surface area (Å²) in [4.78, 5) is 28.6. The molecule has 0 radical (unpaired) electrons. The highest BCUT2D eigenvalue weighted by Crippen LogP contribution is 2.17. The molecular formula is C23H28FN3O3. The first kappa shape index (κ1) is 21.8. The fourth-order valence-electron chi connectivity index (χ4n) is 3.30. The lowest BCUT2D eigenvalue weighted by Gasteiger charge is -2.35. The number of ether oxygens (including phenoxy) is 1. The molecule has 1 amide bonds. The lowest BCUT2D eigenvalue weighted by Crippen LogP contribution is -2.48. The van der Waals surface area contributed by atoms with Gasteiger partial charge in [-0.3, -0.25) is 9.69 Å². The molecule has 7 heteroatoms. The first-order valence-corrected chi connectivity index (χ1v) is 10.3. The summed E-state index contributed by atoms with van der Waals surface area (Å²) in [5, 5.41) is 2.87. The molecule has 2 aromatic carbocycles. The van der Waals surface area contributed by atoms with Crippen molar-refractivity contribution in [2.24, 2.45) is 0 Å². The summed E-state index contributed by atoms with van der Waals surface area (Å²) >= 11 is 0. The van der Waals surface area contributed by atoms with Gasteiger partial charge >= 0.3 is 5.97 Å². The second-order valence-electron chi connectivity index (χ2n) is 7.35. The largest absolute Gasteiger partial charge is 0.462 e. The number of carbonyl (C=O) groups excluding carboxylic acids is 2. The number of hydrogen-bond acceptors (Lipinski definition) is 5. The van der Waals surface area contributed by atoms with Crippen molar-refractivity contribution in [3.63, 3.8) is 0 Å². The predicted octanol–water partition coefficient (Wildman–Crippen LogP) is 3.54. The minimum Gasteiger partial charge on any atom is -0.462 e. The van der Waals surface area contributed by atoms with E-state index in [0.717, 1.165) is 44.7 Å². The molecule has 0 unspecified atom stereocenters. The number of benzene rings is 2. The molecule has 1 fully saturated rings. The van der Waals surface area contributed by atoms with Crippen LogP contribution in [0, 0.1) is 5.82 Å². The number of piperazine rings is 1. The fourth-order valence-corrected chi connectivity index (χ4v) is 3.30. The van der Waals surface area contributed by atoms with Gasteiger partial charge in [-0.15, -0.1) is 0 Å². The van der Waals surface area contributed by atoms with Crippen LogP contribution in [0.5, 0.6) is 0 Å². The Bertz CT molecular complexity index is 832. The number of nitrogens with one attached hydrogen (secondary N) is 1. The minimum atomic E-state index is -0.347. The number of unbranched alkanes of at least 4 members (excludes halogenated alkanes) is 1. The molecule has 0 spiro atoms. The zero-order chi connectivity index (χ0) is 21.3. The van der Waals surface area contributed by atoms with Crippen molar-refractivity contribution in [2.75, 3.05) is 49.5 Å². The van der Waals surface area contributed by atoms with Gasteiger partial charge in [-0.2, -0.15) is 0 Å². The molecule has 0 bridgehead atoms. The number of hydrogen-bond donors (Lipinski definition) is 1. The highest BCUT2D eigenvalue weighted by Gasteiger charge is 2.19. The predicted molar refractivity (Wildman–Crippen MR) is 115 cm³/mol. The van der Waals surface area contributed by atoms with Crippen molar-refractivity contribution >= 4 is 23.3 Å². The Morgan fingerprint density at radius 3 is 2.30 bits per heavy atom. The Hall–Kier alpha value is -2.93.